The Kier molecular flexibility index (Phi) is 5.30. The molecule has 0 spiro atoms. The van der Waals surface area contributed by atoms with Crippen LogP contribution in [0.15, 0.2) is 24.3 Å². The van der Waals surface area contributed by atoms with Crippen LogP contribution >= 0.6 is 12.2 Å². The highest BCUT2D eigenvalue weighted by Crippen LogP contribution is 2.32. The number of aromatic nitrogens is 2. The molecule has 0 bridgehead atoms. The van der Waals surface area contributed by atoms with Crippen LogP contribution in [0.25, 0.3) is 11.3 Å². The van der Waals surface area contributed by atoms with Crippen molar-refractivity contribution in [2.24, 2.45) is 0 Å². The largest absolute Gasteiger partial charge is 0.497 e. The van der Waals surface area contributed by atoms with Gasteiger partial charge in [-0.2, -0.15) is 0 Å². The van der Waals surface area contributed by atoms with Gasteiger partial charge in [-0.15, -0.1) is 0 Å². The van der Waals surface area contributed by atoms with E-state index >= 15 is 0 Å². The van der Waals surface area contributed by atoms with Gasteiger partial charge in [-0.3, -0.25) is 0 Å². The molecule has 0 saturated heterocycles. The molecule has 0 amide bonds. The second kappa shape index (κ2) is 7.19. The second-order valence-corrected chi connectivity index (χ2v) is 4.70. The van der Waals surface area contributed by atoms with Crippen molar-refractivity contribution in [2.45, 2.75) is 13.5 Å². The molecule has 2 rings (SSSR count). The van der Waals surface area contributed by atoms with Crippen LogP contribution in [0.1, 0.15) is 12.7 Å². The molecule has 0 aliphatic carbocycles. The number of benzene rings is 1. The fourth-order valence-corrected chi connectivity index (χ4v) is 2.17. The number of rotatable bonds is 6. The standard InChI is InChI=1S/C15H18N2O3S/c1-4-20-9-14-16-12(8-15(21)17-14)11-7-10(18-2)5-6-13(11)19-3/h5-8H,4,9H2,1-3H3,(H,16,17,21). The van der Waals surface area contributed by atoms with Gasteiger partial charge in [-0.1, -0.05) is 12.2 Å². The number of nitrogens with zero attached hydrogens (tertiary/aromatic N) is 1. The summed E-state index contributed by atoms with van der Waals surface area (Å²) in [6, 6.07) is 7.39. The molecule has 5 nitrogen and oxygen atoms in total. The third-order valence-electron chi connectivity index (χ3n) is 2.93. The lowest BCUT2D eigenvalue weighted by molar-refractivity contribution is 0.128. The average molecular weight is 306 g/mol. The Hall–Kier alpha value is -1.92. The van der Waals surface area contributed by atoms with E-state index in [1.807, 2.05) is 25.1 Å². The van der Waals surface area contributed by atoms with Gasteiger partial charge in [0.25, 0.3) is 0 Å². The number of aromatic amines is 1. The fraction of sp³-hybridized carbons (Fsp3) is 0.333. The lowest BCUT2D eigenvalue weighted by Gasteiger charge is -2.12. The highest BCUT2D eigenvalue weighted by Gasteiger charge is 2.10. The first kappa shape index (κ1) is 15.5. The molecule has 112 valence electrons. The van der Waals surface area contributed by atoms with Gasteiger partial charge in [0.2, 0.25) is 0 Å². The predicted molar refractivity (Wildman–Crippen MR) is 83.3 cm³/mol. The van der Waals surface area contributed by atoms with Crippen LogP contribution < -0.4 is 9.47 Å². The maximum absolute atomic E-state index is 5.40. The first-order chi connectivity index (χ1) is 10.2. The number of H-pyrrole nitrogens is 1. The Morgan fingerprint density at radius 3 is 2.67 bits per heavy atom. The minimum Gasteiger partial charge on any atom is -0.497 e. The highest BCUT2D eigenvalue weighted by molar-refractivity contribution is 7.71. The van der Waals surface area contributed by atoms with E-state index in [4.69, 9.17) is 26.4 Å². The molecule has 6 heteroatoms. The van der Waals surface area contributed by atoms with E-state index in [1.54, 1.807) is 20.3 Å². The van der Waals surface area contributed by atoms with Crippen molar-refractivity contribution >= 4 is 12.2 Å². The van der Waals surface area contributed by atoms with Gasteiger partial charge in [-0.25, -0.2) is 4.98 Å². The van der Waals surface area contributed by atoms with Crippen molar-refractivity contribution in [1.29, 1.82) is 0 Å². The molecule has 1 N–H and O–H groups in total. The van der Waals surface area contributed by atoms with Crippen molar-refractivity contribution in [1.82, 2.24) is 9.97 Å². The van der Waals surface area contributed by atoms with E-state index in [0.717, 1.165) is 22.8 Å². The Labute approximate surface area is 128 Å². The minimum absolute atomic E-state index is 0.389. The highest BCUT2D eigenvalue weighted by atomic mass is 32.1. The molecule has 0 saturated carbocycles. The molecule has 0 fully saturated rings. The lowest BCUT2D eigenvalue weighted by Crippen LogP contribution is -2.01. The summed E-state index contributed by atoms with van der Waals surface area (Å²) in [4.78, 5) is 7.48. The smallest absolute Gasteiger partial charge is 0.134 e. The van der Waals surface area contributed by atoms with Crippen LogP contribution in [0.2, 0.25) is 0 Å². The Bertz CT molecular complexity index is 670. The van der Waals surface area contributed by atoms with E-state index in [9.17, 15) is 0 Å². The van der Waals surface area contributed by atoms with Crippen LogP contribution in [0.4, 0.5) is 0 Å². The molecule has 1 aromatic heterocycles. The summed E-state index contributed by atoms with van der Waals surface area (Å²) in [5.41, 5.74) is 1.68. The normalized spacial score (nSPS) is 10.4. The van der Waals surface area contributed by atoms with Gasteiger partial charge in [-0.05, 0) is 31.2 Å². The summed E-state index contributed by atoms with van der Waals surface area (Å²) in [5, 5.41) is 0. The van der Waals surface area contributed by atoms with Crippen LogP contribution in [0, 0.1) is 4.64 Å². The van der Waals surface area contributed by atoms with Crippen LogP contribution in [-0.2, 0) is 11.3 Å². The Morgan fingerprint density at radius 1 is 1.19 bits per heavy atom. The topological polar surface area (TPSA) is 56.4 Å². The zero-order chi connectivity index (χ0) is 15.2. The first-order valence-corrected chi connectivity index (χ1v) is 6.99. The third-order valence-corrected chi connectivity index (χ3v) is 3.14. The predicted octanol–water partition coefficient (Wildman–Crippen LogP) is 3.36. The van der Waals surface area contributed by atoms with Crippen LogP contribution in [-0.4, -0.2) is 30.8 Å². The van der Waals surface area contributed by atoms with E-state index in [0.29, 0.717) is 23.7 Å². The molecule has 1 heterocycles. The lowest BCUT2D eigenvalue weighted by atomic mass is 10.1. The van der Waals surface area contributed by atoms with Crippen molar-refractivity contribution in [3.05, 3.63) is 34.7 Å². The van der Waals surface area contributed by atoms with Gasteiger partial charge in [0.15, 0.2) is 0 Å². The molecule has 0 radical (unpaired) electrons. The monoisotopic (exact) mass is 306 g/mol. The fourth-order valence-electron chi connectivity index (χ4n) is 1.94. The van der Waals surface area contributed by atoms with Crippen molar-refractivity contribution in [3.63, 3.8) is 0 Å². The Morgan fingerprint density at radius 2 is 2.00 bits per heavy atom. The second-order valence-electron chi connectivity index (χ2n) is 4.28. The number of hydrogen-bond donors (Lipinski definition) is 1. The number of methoxy groups -OCH3 is 2. The third kappa shape index (κ3) is 3.80. The molecule has 21 heavy (non-hydrogen) atoms. The maximum atomic E-state index is 5.40. The van der Waals surface area contributed by atoms with E-state index < -0.39 is 0 Å². The SMILES string of the molecule is CCOCc1nc(=S)cc(-c2cc(OC)ccc2OC)[nH]1. The maximum Gasteiger partial charge on any atom is 0.134 e. The summed E-state index contributed by atoms with van der Waals surface area (Å²) in [5.74, 6) is 2.16. The van der Waals surface area contributed by atoms with Crippen molar-refractivity contribution < 1.29 is 14.2 Å². The molecular weight excluding hydrogens is 288 g/mol. The number of nitrogens with one attached hydrogen (secondary N) is 1. The summed E-state index contributed by atoms with van der Waals surface area (Å²) in [7, 11) is 3.25. The van der Waals surface area contributed by atoms with Gasteiger partial charge < -0.3 is 19.2 Å². The minimum atomic E-state index is 0.389. The van der Waals surface area contributed by atoms with Crippen molar-refractivity contribution in [3.8, 4) is 22.8 Å². The first-order valence-electron chi connectivity index (χ1n) is 6.58. The van der Waals surface area contributed by atoms with Crippen molar-refractivity contribution in [2.75, 3.05) is 20.8 Å². The molecule has 0 aliphatic rings. The molecule has 0 aliphatic heterocycles. The van der Waals surface area contributed by atoms with Gasteiger partial charge in [0.05, 0.1) is 19.9 Å². The Balaban J connectivity index is 2.49. The zero-order valence-electron chi connectivity index (χ0n) is 12.3. The quantitative estimate of drug-likeness (QED) is 0.829. The van der Waals surface area contributed by atoms with Gasteiger partial charge >= 0.3 is 0 Å². The molecule has 0 atom stereocenters. The summed E-state index contributed by atoms with van der Waals surface area (Å²) in [6.07, 6.45) is 0. The van der Waals surface area contributed by atoms with Gasteiger partial charge in [0.1, 0.15) is 28.6 Å². The molecule has 2 aromatic rings. The number of hydrogen-bond acceptors (Lipinski definition) is 5. The summed E-state index contributed by atoms with van der Waals surface area (Å²) < 4.78 is 16.5. The molecule has 1 aromatic carbocycles. The molecular formula is C15H18N2O3S. The van der Waals surface area contributed by atoms with E-state index in [-0.39, 0.29) is 0 Å². The summed E-state index contributed by atoms with van der Waals surface area (Å²) >= 11 is 5.22. The van der Waals surface area contributed by atoms with Gasteiger partial charge in [0, 0.05) is 12.2 Å². The van der Waals surface area contributed by atoms with E-state index in [2.05, 4.69) is 9.97 Å². The van der Waals surface area contributed by atoms with E-state index in [1.165, 1.54) is 0 Å². The average Bonchev–Trinajstić information content (AvgIpc) is 2.51. The summed E-state index contributed by atoms with van der Waals surface area (Å²) in [6.45, 7) is 2.94. The number of ether oxygens (including phenoxy) is 3. The van der Waals surface area contributed by atoms with Crippen LogP contribution in [0.5, 0.6) is 11.5 Å². The van der Waals surface area contributed by atoms with Crippen LogP contribution in [0.3, 0.4) is 0 Å². The zero-order valence-corrected chi connectivity index (χ0v) is 13.1. The molecule has 0 unspecified atom stereocenters.